The molecule has 0 unspecified atom stereocenters. The highest BCUT2D eigenvalue weighted by Crippen LogP contribution is 2.31. The maximum atomic E-state index is 13.5. The van der Waals surface area contributed by atoms with Crippen molar-refractivity contribution in [2.45, 2.75) is 44.8 Å². The van der Waals surface area contributed by atoms with Gasteiger partial charge in [-0.2, -0.15) is 0 Å². The van der Waals surface area contributed by atoms with Crippen LogP contribution in [0.25, 0.3) is 17.3 Å². The van der Waals surface area contributed by atoms with Crippen LogP contribution in [0, 0.1) is 5.82 Å². The second-order valence-corrected chi connectivity index (χ2v) is 10.3. The first-order valence-electron chi connectivity index (χ1n) is 10.7. The Labute approximate surface area is 199 Å². The number of benzene rings is 1. The van der Waals surface area contributed by atoms with E-state index in [4.69, 9.17) is 0 Å². The van der Waals surface area contributed by atoms with E-state index in [1.54, 1.807) is 6.08 Å². The molecule has 1 amide bonds. The van der Waals surface area contributed by atoms with E-state index in [9.17, 15) is 27.8 Å². The molecule has 11 heteroatoms. The summed E-state index contributed by atoms with van der Waals surface area (Å²) in [5.74, 6) is -0.967. The van der Waals surface area contributed by atoms with Crippen LogP contribution in [0.3, 0.4) is 0 Å². The van der Waals surface area contributed by atoms with Crippen molar-refractivity contribution in [1.82, 2.24) is 15.3 Å². The number of carbonyl (C=O) groups excluding carboxylic acids is 1. The highest BCUT2D eigenvalue weighted by atomic mass is 32.2. The lowest BCUT2D eigenvalue weighted by Crippen LogP contribution is -2.27. The van der Waals surface area contributed by atoms with Gasteiger partial charge < -0.3 is 15.5 Å². The zero-order valence-electron chi connectivity index (χ0n) is 19.9. The van der Waals surface area contributed by atoms with Crippen molar-refractivity contribution in [3.05, 3.63) is 47.4 Å². The van der Waals surface area contributed by atoms with Gasteiger partial charge in [0.15, 0.2) is 0 Å². The largest absolute Gasteiger partial charge is 0.392 e. The number of halogens is 1. The number of rotatable bonds is 10. The van der Waals surface area contributed by atoms with Gasteiger partial charge in [-0.05, 0) is 30.2 Å². The summed E-state index contributed by atoms with van der Waals surface area (Å²) in [6.45, 7) is 3.75. The van der Waals surface area contributed by atoms with Crippen molar-refractivity contribution in [2.24, 2.45) is 0 Å². The summed E-state index contributed by atoms with van der Waals surface area (Å²) in [4.78, 5) is 20.3. The van der Waals surface area contributed by atoms with E-state index in [1.807, 2.05) is 13.8 Å². The molecule has 9 nitrogen and oxygen atoms in total. The van der Waals surface area contributed by atoms with Gasteiger partial charge in [0.05, 0.1) is 36.3 Å². The highest BCUT2D eigenvalue weighted by Gasteiger charge is 2.22. The molecule has 0 spiro atoms. The van der Waals surface area contributed by atoms with Gasteiger partial charge in [-0.3, -0.25) is 4.79 Å². The smallest absolute Gasteiger partial charge is 0.239 e. The minimum absolute atomic E-state index is 0.0378. The van der Waals surface area contributed by atoms with E-state index in [2.05, 4.69) is 15.3 Å². The van der Waals surface area contributed by atoms with E-state index in [-0.39, 0.29) is 30.6 Å². The number of aromatic nitrogens is 2. The van der Waals surface area contributed by atoms with Crippen LogP contribution in [-0.4, -0.2) is 67.1 Å². The Hall–Kier alpha value is -2.89. The molecule has 0 aliphatic carbocycles. The number of nitrogens with one attached hydrogen (secondary N) is 1. The minimum Gasteiger partial charge on any atom is -0.392 e. The molecule has 0 radical (unpaired) electrons. The molecule has 1 aromatic carbocycles. The van der Waals surface area contributed by atoms with Crippen molar-refractivity contribution in [3.8, 4) is 11.3 Å². The molecule has 2 rings (SSSR count). The monoisotopic (exact) mass is 494 g/mol. The summed E-state index contributed by atoms with van der Waals surface area (Å²) in [6, 6.07) is 5.58. The van der Waals surface area contributed by atoms with E-state index in [0.717, 1.165) is 10.6 Å². The van der Waals surface area contributed by atoms with E-state index in [1.165, 1.54) is 44.4 Å². The van der Waals surface area contributed by atoms with Gasteiger partial charge >= 0.3 is 0 Å². The number of nitrogens with zero attached hydrogens (tertiary/aromatic N) is 3. The number of amides is 1. The van der Waals surface area contributed by atoms with Gasteiger partial charge in [-0.1, -0.05) is 26.0 Å². The highest BCUT2D eigenvalue weighted by molar-refractivity contribution is 7.92. The fourth-order valence-electron chi connectivity index (χ4n) is 3.16. The van der Waals surface area contributed by atoms with Gasteiger partial charge in [-0.15, -0.1) is 0 Å². The summed E-state index contributed by atoms with van der Waals surface area (Å²) in [6.07, 6.45) is 1.76. The second-order valence-electron chi connectivity index (χ2n) is 8.26. The quantitative estimate of drug-likeness (QED) is 0.460. The van der Waals surface area contributed by atoms with E-state index in [0.29, 0.717) is 22.5 Å². The number of carbonyl (C=O) groups is 1. The Kier molecular flexibility index (Phi) is 9.25. The molecule has 3 N–H and O–H groups in total. The number of anilines is 1. The van der Waals surface area contributed by atoms with Crippen LogP contribution in [0.5, 0.6) is 0 Å². The average Bonchev–Trinajstić information content (AvgIpc) is 2.76. The number of aliphatic hydroxyl groups excluding tert-OH is 2. The fraction of sp³-hybridized carbons (Fsp3) is 0.435. The molecule has 0 bridgehead atoms. The Morgan fingerprint density at radius 3 is 2.35 bits per heavy atom. The molecule has 0 aliphatic heterocycles. The Morgan fingerprint density at radius 1 is 1.21 bits per heavy atom. The lowest BCUT2D eigenvalue weighted by molar-refractivity contribution is -0.122. The third kappa shape index (κ3) is 7.31. The molecule has 1 aromatic heterocycles. The fourth-order valence-corrected chi connectivity index (χ4v) is 3.54. The SMILES string of the molecule is CNC(=O)C[C@H](O)C[C@H](O)/C=C/c1c(-c2ccc(F)cc2)nc(N(C)S(C)(=O)=O)nc1C(C)C. The van der Waals surface area contributed by atoms with E-state index < -0.39 is 28.0 Å². The van der Waals surface area contributed by atoms with Crippen molar-refractivity contribution < 1.29 is 27.8 Å². The standard InChI is InChI=1S/C23H31FN4O5S/c1-14(2)21-19(11-10-17(29)12-18(30)13-20(31)25-3)22(15-6-8-16(24)9-7-15)27-23(26-21)28(4)34(5,32)33/h6-11,14,17-18,29-30H,12-13H2,1-5H3,(H,25,31)/b11-10+/t17-,18-/m1/s1. The number of aliphatic hydroxyl groups is 2. The van der Waals surface area contributed by atoms with E-state index >= 15 is 0 Å². The third-order valence-corrected chi connectivity index (χ3v) is 6.26. The van der Waals surface area contributed by atoms with Crippen LogP contribution < -0.4 is 9.62 Å². The van der Waals surface area contributed by atoms with Crippen LogP contribution in [-0.2, 0) is 14.8 Å². The molecular formula is C23H31FN4O5S. The molecule has 0 saturated carbocycles. The molecule has 2 atom stereocenters. The Balaban J connectivity index is 2.57. The Bertz CT molecular complexity index is 1140. The molecule has 0 aliphatic rings. The summed E-state index contributed by atoms with van der Waals surface area (Å²) in [5.41, 5.74) is 1.93. The molecular weight excluding hydrogens is 463 g/mol. The normalized spacial score (nSPS) is 13.8. The lowest BCUT2D eigenvalue weighted by Gasteiger charge is -2.20. The van der Waals surface area contributed by atoms with Crippen molar-refractivity contribution >= 4 is 28.0 Å². The van der Waals surface area contributed by atoms with Gasteiger partial charge in [-0.25, -0.2) is 27.1 Å². The van der Waals surface area contributed by atoms with Crippen molar-refractivity contribution in [2.75, 3.05) is 24.7 Å². The molecule has 0 saturated heterocycles. The van der Waals surface area contributed by atoms with Crippen LogP contribution >= 0.6 is 0 Å². The first-order chi connectivity index (χ1) is 15.8. The number of sulfonamides is 1. The van der Waals surface area contributed by atoms with Gasteiger partial charge in [0.1, 0.15) is 5.82 Å². The summed E-state index contributed by atoms with van der Waals surface area (Å²) in [5, 5.41) is 22.8. The molecule has 186 valence electrons. The summed E-state index contributed by atoms with van der Waals surface area (Å²) < 4.78 is 38.7. The second kappa shape index (κ2) is 11.5. The van der Waals surface area contributed by atoms with Crippen molar-refractivity contribution in [1.29, 1.82) is 0 Å². The third-order valence-electron chi connectivity index (χ3n) is 5.11. The zero-order chi connectivity index (χ0) is 25.6. The predicted molar refractivity (Wildman–Crippen MR) is 129 cm³/mol. The average molecular weight is 495 g/mol. The van der Waals surface area contributed by atoms with Gasteiger partial charge in [0, 0.05) is 31.6 Å². The van der Waals surface area contributed by atoms with Gasteiger partial charge in [0.25, 0.3) is 0 Å². The van der Waals surface area contributed by atoms with Crippen LogP contribution in [0.2, 0.25) is 0 Å². The predicted octanol–water partition coefficient (Wildman–Crippen LogP) is 2.06. The first-order valence-corrected chi connectivity index (χ1v) is 12.5. The number of hydrogen-bond acceptors (Lipinski definition) is 7. The van der Waals surface area contributed by atoms with Gasteiger partial charge in [0.2, 0.25) is 21.9 Å². The summed E-state index contributed by atoms with van der Waals surface area (Å²) in [7, 11) is -0.836. The zero-order valence-corrected chi connectivity index (χ0v) is 20.7. The lowest BCUT2D eigenvalue weighted by atomic mass is 9.97. The first kappa shape index (κ1) is 27.4. The molecule has 2 aromatic rings. The topological polar surface area (TPSA) is 133 Å². The number of hydrogen-bond donors (Lipinski definition) is 3. The van der Waals surface area contributed by atoms with Crippen LogP contribution in [0.15, 0.2) is 30.3 Å². The maximum absolute atomic E-state index is 13.5. The van der Waals surface area contributed by atoms with Crippen LogP contribution in [0.1, 0.15) is 43.9 Å². The molecule has 1 heterocycles. The maximum Gasteiger partial charge on any atom is 0.239 e. The van der Waals surface area contributed by atoms with Crippen LogP contribution in [0.4, 0.5) is 10.3 Å². The van der Waals surface area contributed by atoms with Crippen molar-refractivity contribution in [3.63, 3.8) is 0 Å². The Morgan fingerprint density at radius 2 is 1.82 bits per heavy atom. The molecule has 34 heavy (non-hydrogen) atoms. The minimum atomic E-state index is -3.64. The molecule has 0 fully saturated rings. The summed E-state index contributed by atoms with van der Waals surface area (Å²) >= 11 is 0.